The predicted molar refractivity (Wildman–Crippen MR) is 79.9 cm³/mol. The summed E-state index contributed by atoms with van der Waals surface area (Å²) in [6, 6.07) is 5.64. The van der Waals surface area contributed by atoms with E-state index in [4.69, 9.17) is 20.9 Å². The first-order valence-electron chi connectivity index (χ1n) is 6.60. The minimum absolute atomic E-state index is 0.0248. The van der Waals surface area contributed by atoms with Crippen LogP contribution in [0.4, 0.5) is 0 Å². The van der Waals surface area contributed by atoms with Crippen molar-refractivity contribution >= 4 is 12.2 Å². The van der Waals surface area contributed by atoms with E-state index in [2.05, 4.69) is 24.1 Å². The van der Waals surface area contributed by atoms with Gasteiger partial charge in [0.15, 0.2) is 11.5 Å². The zero-order chi connectivity index (χ0) is 15.0. The van der Waals surface area contributed by atoms with Crippen molar-refractivity contribution in [1.82, 2.24) is 0 Å². The van der Waals surface area contributed by atoms with Crippen molar-refractivity contribution < 1.29 is 14.6 Å². The highest BCUT2D eigenvalue weighted by Crippen LogP contribution is 2.28. The fourth-order valence-electron chi connectivity index (χ4n) is 1.44. The number of benzene rings is 1. The van der Waals surface area contributed by atoms with Gasteiger partial charge in [-0.1, -0.05) is 13.8 Å². The van der Waals surface area contributed by atoms with Crippen molar-refractivity contribution in [3.63, 3.8) is 0 Å². The molecule has 1 aromatic rings. The Morgan fingerprint density at radius 1 is 1.30 bits per heavy atom. The molecule has 6 nitrogen and oxygen atoms in total. The van der Waals surface area contributed by atoms with Gasteiger partial charge in [-0.15, -0.1) is 5.10 Å². The number of hydrogen-bond donors (Lipinski definition) is 3. The molecule has 0 aliphatic rings. The number of hydrogen-bond acceptors (Lipinski definition) is 3. The molecule has 0 aliphatic carbocycles. The lowest BCUT2D eigenvalue weighted by Gasteiger charge is -2.13. The molecule has 0 unspecified atom stereocenters. The van der Waals surface area contributed by atoms with Crippen molar-refractivity contribution in [2.24, 2.45) is 22.5 Å². The lowest BCUT2D eigenvalue weighted by Crippen LogP contribution is -2.63. The molecule has 1 aromatic carbocycles. The second-order valence-electron chi connectivity index (χ2n) is 4.65. The summed E-state index contributed by atoms with van der Waals surface area (Å²) in [4.78, 5) is 0. The van der Waals surface area contributed by atoms with Crippen molar-refractivity contribution in [1.29, 1.82) is 0 Å². The standard InChI is InChI=1S/C14H22N4O2/c1-4-19-13-7-11(8-17-18-14(15)16)5-6-12(13)20-9-10(2)3/h5-8,10H,4,9H2,1-3H3,(H4,15,16,18)/p+1/b17-8+. The summed E-state index contributed by atoms with van der Waals surface area (Å²) in [7, 11) is 0. The summed E-state index contributed by atoms with van der Waals surface area (Å²) >= 11 is 0. The second kappa shape index (κ2) is 8.04. The summed E-state index contributed by atoms with van der Waals surface area (Å²) in [5.74, 6) is 1.87. The van der Waals surface area contributed by atoms with Crippen LogP contribution in [0.1, 0.15) is 26.3 Å². The molecule has 0 aromatic heterocycles. The van der Waals surface area contributed by atoms with Crippen molar-refractivity contribution in [2.45, 2.75) is 20.8 Å². The third-order valence-electron chi connectivity index (χ3n) is 2.26. The maximum absolute atomic E-state index is 5.72. The summed E-state index contributed by atoms with van der Waals surface area (Å²) in [6.45, 7) is 7.35. The van der Waals surface area contributed by atoms with Crippen LogP contribution in [0.3, 0.4) is 0 Å². The molecule has 110 valence electrons. The van der Waals surface area contributed by atoms with Crippen LogP contribution in [0.5, 0.6) is 11.5 Å². The van der Waals surface area contributed by atoms with E-state index in [-0.39, 0.29) is 5.96 Å². The largest absolute Gasteiger partial charge is 0.490 e. The van der Waals surface area contributed by atoms with E-state index in [1.165, 1.54) is 0 Å². The maximum atomic E-state index is 5.72. The molecular formula is C14H23N4O2+. The van der Waals surface area contributed by atoms with Crippen LogP contribution >= 0.6 is 0 Å². The van der Waals surface area contributed by atoms with Gasteiger partial charge in [-0.25, -0.2) is 0 Å². The molecule has 20 heavy (non-hydrogen) atoms. The Bertz CT molecular complexity index is 480. The summed E-state index contributed by atoms with van der Waals surface area (Å²) < 4.78 is 11.3. The molecule has 0 fully saturated rings. The van der Waals surface area contributed by atoms with E-state index in [9.17, 15) is 0 Å². The average molecular weight is 279 g/mol. The van der Waals surface area contributed by atoms with Gasteiger partial charge in [-0.2, -0.15) is 0 Å². The van der Waals surface area contributed by atoms with Gasteiger partial charge >= 0.3 is 0 Å². The van der Waals surface area contributed by atoms with Crippen molar-refractivity contribution in [3.05, 3.63) is 23.8 Å². The van der Waals surface area contributed by atoms with Crippen LogP contribution in [0.15, 0.2) is 23.3 Å². The minimum atomic E-state index is -0.0248. The molecule has 0 radical (unpaired) electrons. The Balaban J connectivity index is 2.88. The first-order valence-corrected chi connectivity index (χ1v) is 6.60. The Morgan fingerprint density at radius 3 is 2.65 bits per heavy atom. The fraction of sp³-hybridized carbons (Fsp3) is 0.429. The molecule has 0 bridgehead atoms. The summed E-state index contributed by atoms with van der Waals surface area (Å²) in [6.07, 6.45) is 1.68. The van der Waals surface area contributed by atoms with Crippen LogP contribution in [0.25, 0.3) is 0 Å². The number of guanidine groups is 1. The Kier molecular flexibility index (Phi) is 6.36. The molecule has 0 amide bonds. The van der Waals surface area contributed by atoms with Gasteiger partial charge in [0.2, 0.25) is 6.21 Å². The Hall–Kier alpha value is -2.24. The van der Waals surface area contributed by atoms with Gasteiger partial charge in [-0.3, -0.25) is 0 Å². The van der Waals surface area contributed by atoms with E-state index in [0.717, 1.165) is 11.3 Å². The highest BCUT2D eigenvalue weighted by molar-refractivity contribution is 5.78. The van der Waals surface area contributed by atoms with Crippen LogP contribution in [0, 0.1) is 5.92 Å². The molecule has 0 spiro atoms. The lowest BCUT2D eigenvalue weighted by molar-refractivity contribution is -0.456. The molecule has 6 heteroatoms. The SMILES string of the molecule is CCOc1cc(/C=[NH+]/N=C(N)N)ccc1OCC(C)C. The average Bonchev–Trinajstić information content (AvgIpc) is 2.37. The molecule has 0 saturated heterocycles. The maximum Gasteiger partial charge on any atom is 0.256 e. The third-order valence-corrected chi connectivity index (χ3v) is 2.26. The Morgan fingerprint density at radius 2 is 2.05 bits per heavy atom. The number of nitrogens with two attached hydrogens (primary N) is 2. The van der Waals surface area contributed by atoms with Crippen molar-refractivity contribution in [3.8, 4) is 11.5 Å². The van der Waals surface area contributed by atoms with Crippen LogP contribution in [-0.4, -0.2) is 25.4 Å². The minimum Gasteiger partial charge on any atom is -0.490 e. The van der Waals surface area contributed by atoms with E-state index in [1.807, 2.05) is 25.1 Å². The lowest BCUT2D eigenvalue weighted by atomic mass is 10.2. The van der Waals surface area contributed by atoms with Crippen LogP contribution in [-0.2, 0) is 0 Å². The second-order valence-corrected chi connectivity index (χ2v) is 4.65. The quantitative estimate of drug-likeness (QED) is 0.366. The highest BCUT2D eigenvalue weighted by atomic mass is 16.5. The molecule has 5 N–H and O–H groups in total. The molecule has 0 saturated carbocycles. The van der Waals surface area contributed by atoms with Crippen molar-refractivity contribution in [2.75, 3.05) is 13.2 Å². The van der Waals surface area contributed by atoms with E-state index < -0.39 is 0 Å². The molecule has 1 rings (SSSR count). The topological polar surface area (TPSA) is 96.8 Å². The van der Waals surface area contributed by atoms with Gasteiger partial charge in [0, 0.05) is 10.7 Å². The van der Waals surface area contributed by atoms with Crippen LogP contribution < -0.4 is 26.0 Å². The molecular weight excluding hydrogens is 256 g/mol. The molecule has 0 aliphatic heterocycles. The normalized spacial score (nSPS) is 10.8. The number of hydrazone groups is 1. The van der Waals surface area contributed by atoms with Gasteiger partial charge in [0.05, 0.1) is 13.2 Å². The van der Waals surface area contributed by atoms with E-state index in [1.54, 1.807) is 6.21 Å². The molecule has 0 heterocycles. The zero-order valence-corrected chi connectivity index (χ0v) is 12.2. The van der Waals surface area contributed by atoms with E-state index >= 15 is 0 Å². The smallest absolute Gasteiger partial charge is 0.256 e. The number of rotatable bonds is 7. The Labute approximate surface area is 119 Å². The van der Waals surface area contributed by atoms with Gasteiger partial charge in [-0.05, 0) is 31.0 Å². The number of ether oxygens (including phenoxy) is 2. The number of nitrogens with zero attached hydrogens (tertiary/aromatic N) is 1. The van der Waals surface area contributed by atoms with E-state index in [0.29, 0.717) is 24.9 Å². The van der Waals surface area contributed by atoms with Gasteiger partial charge in [0.1, 0.15) is 0 Å². The molecule has 0 atom stereocenters. The van der Waals surface area contributed by atoms with Gasteiger partial charge < -0.3 is 20.9 Å². The predicted octanol–water partition coefficient (Wildman–Crippen LogP) is -0.192. The zero-order valence-electron chi connectivity index (χ0n) is 12.2. The third kappa shape index (κ3) is 5.60. The first-order chi connectivity index (χ1) is 9.52. The monoisotopic (exact) mass is 279 g/mol. The summed E-state index contributed by atoms with van der Waals surface area (Å²) in [5.41, 5.74) is 11.3. The fourth-order valence-corrected chi connectivity index (χ4v) is 1.44. The number of nitrogens with one attached hydrogen (secondary N) is 1. The first kappa shape index (κ1) is 15.8. The van der Waals surface area contributed by atoms with Gasteiger partial charge in [0.25, 0.3) is 5.96 Å². The summed E-state index contributed by atoms with van der Waals surface area (Å²) in [5, 5.41) is 6.33. The van der Waals surface area contributed by atoms with Crippen LogP contribution in [0.2, 0.25) is 0 Å². The highest BCUT2D eigenvalue weighted by Gasteiger charge is 2.07.